The molecule has 2 atom stereocenters. The van der Waals surface area contributed by atoms with Gasteiger partial charge in [-0.05, 0) is 51.4 Å². The van der Waals surface area contributed by atoms with Crippen molar-refractivity contribution in [1.82, 2.24) is 34.7 Å². The Hall–Kier alpha value is -5.00. The fraction of sp³-hybridized carbons (Fsp3) is 0.303. The molecule has 0 aliphatic carbocycles. The highest BCUT2D eigenvalue weighted by Crippen LogP contribution is 2.43. The maximum absolute atomic E-state index is 13.6. The van der Waals surface area contributed by atoms with Crippen LogP contribution in [0.1, 0.15) is 13.8 Å². The van der Waals surface area contributed by atoms with Gasteiger partial charge in [-0.3, -0.25) is 14.6 Å². The summed E-state index contributed by atoms with van der Waals surface area (Å²) in [7, 11) is 0.770. The normalized spacial score (nSPS) is 16.9. The van der Waals surface area contributed by atoms with Crippen molar-refractivity contribution in [2.24, 2.45) is 7.05 Å². The summed E-state index contributed by atoms with van der Waals surface area (Å²) in [5.41, 5.74) is 6.23. The van der Waals surface area contributed by atoms with Gasteiger partial charge in [0.15, 0.2) is 0 Å². The lowest BCUT2D eigenvalue weighted by molar-refractivity contribution is -0.00519. The van der Waals surface area contributed by atoms with Gasteiger partial charge in [0.05, 0.1) is 53.1 Å². The summed E-state index contributed by atoms with van der Waals surface area (Å²) in [4.78, 5) is 24.2. The van der Waals surface area contributed by atoms with Crippen molar-refractivity contribution in [3.05, 3.63) is 61.3 Å². The number of rotatable bonds is 8. The number of hydrogen-bond acceptors (Lipinski definition) is 11. The number of nitrogens with one attached hydrogen (secondary N) is 3. The molecule has 14 heteroatoms. The third kappa shape index (κ3) is 5.99. The number of fused-ring (bicyclic) bond motifs is 2. The van der Waals surface area contributed by atoms with Crippen molar-refractivity contribution in [2.75, 3.05) is 49.1 Å². The third-order valence-electron chi connectivity index (χ3n) is 8.16. The van der Waals surface area contributed by atoms with E-state index >= 15 is 0 Å². The van der Waals surface area contributed by atoms with Gasteiger partial charge < -0.3 is 34.6 Å². The van der Waals surface area contributed by atoms with Crippen molar-refractivity contribution in [1.29, 1.82) is 0 Å². The first kappa shape index (κ1) is 30.6. The Bertz CT molecular complexity index is 2150. The number of morpholine rings is 1. The van der Waals surface area contributed by atoms with E-state index in [4.69, 9.17) is 19.4 Å². The monoisotopic (exact) mass is 652 g/mol. The summed E-state index contributed by atoms with van der Waals surface area (Å²) >= 11 is 0. The van der Waals surface area contributed by atoms with Gasteiger partial charge in [-0.15, -0.1) is 0 Å². The Morgan fingerprint density at radius 1 is 1.02 bits per heavy atom. The average Bonchev–Trinajstić information content (AvgIpc) is 3.69. The van der Waals surface area contributed by atoms with Crippen LogP contribution in [0.2, 0.25) is 0 Å². The van der Waals surface area contributed by atoms with Gasteiger partial charge in [-0.2, -0.15) is 15.1 Å². The molecule has 0 bridgehead atoms. The van der Waals surface area contributed by atoms with Gasteiger partial charge in [-0.25, -0.2) is 0 Å². The average molecular weight is 653 g/mol. The molecule has 47 heavy (non-hydrogen) atoms. The molecule has 1 aliphatic heterocycles. The number of aryl methyl sites for hydroxylation is 1. The summed E-state index contributed by atoms with van der Waals surface area (Å²) in [5.74, 6) is 1.52. The number of H-pyrrole nitrogens is 1. The summed E-state index contributed by atoms with van der Waals surface area (Å²) in [6.45, 7) is 9.14. The van der Waals surface area contributed by atoms with E-state index in [2.05, 4.69) is 55.5 Å². The van der Waals surface area contributed by atoms with Crippen LogP contribution in [-0.2, 0) is 16.3 Å². The second-order valence-corrected chi connectivity index (χ2v) is 15.4. The molecular weight excluding hydrogens is 615 g/mol. The Balaban J connectivity index is 1.31. The summed E-state index contributed by atoms with van der Waals surface area (Å²) in [5, 5.41) is 12.7. The summed E-state index contributed by atoms with van der Waals surface area (Å²) < 4.78 is 27.3. The molecule has 1 aliphatic rings. The lowest BCUT2D eigenvalue weighted by Gasteiger charge is -2.38. The lowest BCUT2D eigenvalue weighted by atomic mass is 10.0. The quantitative estimate of drug-likeness (QED) is 0.175. The Labute approximate surface area is 272 Å². The minimum Gasteiger partial charge on any atom is -0.494 e. The van der Waals surface area contributed by atoms with Gasteiger partial charge in [0.1, 0.15) is 29.9 Å². The predicted octanol–water partition coefficient (Wildman–Crippen LogP) is 5.66. The maximum atomic E-state index is 13.6. The number of benzene rings is 2. The molecule has 0 radical (unpaired) electrons. The summed E-state index contributed by atoms with van der Waals surface area (Å²) in [6.07, 6.45) is 9.08. The minimum atomic E-state index is -2.79. The third-order valence-corrected chi connectivity index (χ3v) is 9.69. The number of anilines is 5. The number of aromatic nitrogens is 7. The van der Waals surface area contributed by atoms with Crippen molar-refractivity contribution in [2.45, 2.75) is 26.1 Å². The van der Waals surface area contributed by atoms with Crippen molar-refractivity contribution >= 4 is 63.3 Å². The molecule has 0 spiro atoms. The molecule has 5 heterocycles. The standard InChI is InChI=1S/C33H37N10O3P/c1-19-16-43(17-20(2)46-19)27-14-28(45-4)26(13-23(27)21-15-37-42(3)18-21)39-33-40-31-22(9-10-36-31)32(41-33)38-25-8-7-24-29(35-12-11-34-24)30(25)47(5,6)44/h7-15,18-20H,16-17H2,1-6H3,(H3,36,38,39,40,41)/t19-,20+. The zero-order valence-corrected chi connectivity index (χ0v) is 28.0. The van der Waals surface area contributed by atoms with E-state index in [0.717, 1.165) is 35.3 Å². The van der Waals surface area contributed by atoms with Crippen LogP contribution >= 0.6 is 7.14 Å². The van der Waals surface area contributed by atoms with Crippen LogP contribution in [0.5, 0.6) is 5.75 Å². The van der Waals surface area contributed by atoms with E-state index in [1.165, 1.54) is 0 Å². The molecule has 13 nitrogen and oxygen atoms in total. The lowest BCUT2D eigenvalue weighted by Crippen LogP contribution is -2.45. The maximum Gasteiger partial charge on any atom is 0.231 e. The van der Waals surface area contributed by atoms with E-state index in [1.807, 2.05) is 49.9 Å². The number of hydrogen-bond donors (Lipinski definition) is 3. The van der Waals surface area contributed by atoms with Crippen LogP contribution in [-0.4, -0.2) is 80.4 Å². The van der Waals surface area contributed by atoms with Crippen molar-refractivity contribution in [3.63, 3.8) is 0 Å². The topological polar surface area (TPSA) is 148 Å². The van der Waals surface area contributed by atoms with Gasteiger partial charge in [0.25, 0.3) is 0 Å². The molecule has 1 saturated heterocycles. The minimum absolute atomic E-state index is 0.0839. The second-order valence-electron chi connectivity index (χ2n) is 12.3. The van der Waals surface area contributed by atoms with E-state index in [9.17, 15) is 4.57 Å². The number of methoxy groups -OCH3 is 1. The first-order valence-corrected chi connectivity index (χ1v) is 18.0. The van der Waals surface area contributed by atoms with Gasteiger partial charge in [0, 0.05) is 67.8 Å². The molecule has 2 aromatic carbocycles. The van der Waals surface area contributed by atoms with Crippen molar-refractivity contribution < 1.29 is 14.0 Å². The molecule has 4 aromatic heterocycles. The van der Waals surface area contributed by atoms with Gasteiger partial charge >= 0.3 is 0 Å². The van der Waals surface area contributed by atoms with E-state index in [-0.39, 0.29) is 12.2 Å². The highest BCUT2D eigenvalue weighted by Gasteiger charge is 2.27. The van der Waals surface area contributed by atoms with Crippen LogP contribution in [0.25, 0.3) is 33.2 Å². The molecule has 242 valence electrons. The van der Waals surface area contributed by atoms with E-state index in [1.54, 1.807) is 37.5 Å². The first-order chi connectivity index (χ1) is 22.6. The smallest absolute Gasteiger partial charge is 0.231 e. The zero-order chi connectivity index (χ0) is 32.9. The zero-order valence-electron chi connectivity index (χ0n) is 27.1. The highest BCUT2D eigenvalue weighted by molar-refractivity contribution is 7.71. The van der Waals surface area contributed by atoms with Crippen LogP contribution in [0.15, 0.2) is 61.3 Å². The van der Waals surface area contributed by atoms with Crippen molar-refractivity contribution in [3.8, 4) is 16.9 Å². The molecule has 0 saturated carbocycles. The highest BCUT2D eigenvalue weighted by atomic mass is 31.2. The number of aromatic amines is 1. The largest absolute Gasteiger partial charge is 0.494 e. The molecule has 6 aromatic rings. The molecule has 0 unspecified atom stereocenters. The Morgan fingerprint density at radius 2 is 1.81 bits per heavy atom. The Morgan fingerprint density at radius 3 is 2.53 bits per heavy atom. The van der Waals surface area contributed by atoms with E-state index < -0.39 is 7.14 Å². The van der Waals surface area contributed by atoms with Gasteiger partial charge in [-0.1, -0.05) is 0 Å². The van der Waals surface area contributed by atoms with Crippen LogP contribution in [0.4, 0.5) is 28.8 Å². The SMILES string of the molecule is COc1cc(N2C[C@@H](C)O[C@@H](C)C2)c(-c2cnn(C)c2)cc1Nc1nc(Nc2ccc3nccnc3c2P(C)(C)=O)c2cc[nH]c2n1. The second kappa shape index (κ2) is 12.0. The Kier molecular flexibility index (Phi) is 7.81. The number of ether oxygens (including phenoxy) is 2. The fourth-order valence-electron chi connectivity index (χ4n) is 6.27. The fourth-order valence-corrected chi connectivity index (χ4v) is 7.66. The predicted molar refractivity (Wildman–Crippen MR) is 186 cm³/mol. The molecule has 0 amide bonds. The molecule has 1 fully saturated rings. The molecular formula is C33H37N10O3P. The molecule has 3 N–H and O–H groups in total. The first-order valence-electron chi connectivity index (χ1n) is 15.4. The summed E-state index contributed by atoms with van der Waals surface area (Å²) in [6, 6.07) is 9.73. The van der Waals surface area contributed by atoms with Crippen LogP contribution in [0, 0.1) is 0 Å². The van der Waals surface area contributed by atoms with Crippen LogP contribution in [0.3, 0.4) is 0 Å². The number of nitrogens with zero attached hydrogens (tertiary/aromatic N) is 7. The van der Waals surface area contributed by atoms with Crippen LogP contribution < -0.4 is 25.6 Å². The van der Waals surface area contributed by atoms with Gasteiger partial charge in [0.2, 0.25) is 5.95 Å². The molecule has 7 rings (SSSR count). The van der Waals surface area contributed by atoms with E-state index in [0.29, 0.717) is 50.9 Å².